The van der Waals surface area contributed by atoms with Crippen LogP contribution < -0.4 is 15.0 Å². The number of piperidine rings is 1. The highest BCUT2D eigenvalue weighted by molar-refractivity contribution is 5.58. The van der Waals surface area contributed by atoms with Crippen LogP contribution in [0.25, 0.3) is 11.4 Å². The van der Waals surface area contributed by atoms with Crippen LogP contribution in [0.5, 0.6) is 5.75 Å². The Bertz CT molecular complexity index is 928. The van der Waals surface area contributed by atoms with Gasteiger partial charge >= 0.3 is 6.01 Å². The summed E-state index contributed by atoms with van der Waals surface area (Å²) in [5.41, 5.74) is 1.91. The van der Waals surface area contributed by atoms with E-state index in [1.54, 1.807) is 13.4 Å². The SMILES string of the molecule is CCc1cc(N2CCCC(Nc3nc(-c4cccc(OC)c4)no3)C2)ncn1. The van der Waals surface area contributed by atoms with Crippen LogP contribution in [-0.4, -0.2) is 46.3 Å². The topological polar surface area (TPSA) is 89.2 Å². The Hall–Kier alpha value is -3.16. The van der Waals surface area contributed by atoms with Gasteiger partial charge in [-0.1, -0.05) is 24.2 Å². The van der Waals surface area contributed by atoms with Crippen LogP contribution in [0.15, 0.2) is 41.2 Å². The van der Waals surface area contributed by atoms with Gasteiger partial charge in [0.2, 0.25) is 5.82 Å². The molecule has 3 heterocycles. The van der Waals surface area contributed by atoms with Crippen molar-refractivity contribution in [2.24, 2.45) is 0 Å². The van der Waals surface area contributed by atoms with Gasteiger partial charge < -0.3 is 19.5 Å². The average molecular weight is 380 g/mol. The molecule has 1 atom stereocenters. The third-order valence-electron chi connectivity index (χ3n) is 4.90. The number of nitrogens with zero attached hydrogens (tertiary/aromatic N) is 5. The van der Waals surface area contributed by atoms with Crippen LogP contribution in [0.1, 0.15) is 25.5 Å². The molecule has 146 valence electrons. The number of hydrogen-bond acceptors (Lipinski definition) is 8. The molecule has 1 aromatic carbocycles. The number of nitrogens with one attached hydrogen (secondary N) is 1. The second kappa shape index (κ2) is 8.24. The van der Waals surface area contributed by atoms with Crippen molar-refractivity contribution in [3.05, 3.63) is 42.4 Å². The van der Waals surface area contributed by atoms with Gasteiger partial charge in [0.05, 0.1) is 7.11 Å². The van der Waals surface area contributed by atoms with Crippen molar-refractivity contribution in [2.75, 3.05) is 30.4 Å². The van der Waals surface area contributed by atoms with Crippen molar-refractivity contribution >= 4 is 11.8 Å². The lowest BCUT2D eigenvalue weighted by molar-refractivity contribution is 0.414. The van der Waals surface area contributed by atoms with Crippen molar-refractivity contribution in [3.63, 3.8) is 0 Å². The molecule has 0 spiro atoms. The van der Waals surface area contributed by atoms with E-state index in [0.717, 1.165) is 55.2 Å². The standard InChI is InChI=1S/C20H24N6O2/c1-3-15-11-18(22-13-21-15)26-9-5-7-16(12-26)23-20-24-19(25-28-20)14-6-4-8-17(10-14)27-2/h4,6,8,10-11,13,16H,3,5,7,9,12H2,1-2H3,(H,23,24,25). The van der Waals surface area contributed by atoms with Crippen molar-refractivity contribution in [3.8, 4) is 17.1 Å². The molecule has 1 aliphatic rings. The molecule has 1 saturated heterocycles. The summed E-state index contributed by atoms with van der Waals surface area (Å²) in [4.78, 5) is 15.5. The normalized spacial score (nSPS) is 16.8. The summed E-state index contributed by atoms with van der Waals surface area (Å²) in [5, 5.41) is 7.46. The van der Waals surface area contributed by atoms with E-state index in [9.17, 15) is 0 Å². The van der Waals surface area contributed by atoms with Crippen LogP contribution >= 0.6 is 0 Å². The molecule has 4 rings (SSSR count). The molecular formula is C20H24N6O2. The summed E-state index contributed by atoms with van der Waals surface area (Å²) >= 11 is 0. The predicted molar refractivity (Wildman–Crippen MR) is 107 cm³/mol. The molecule has 2 aromatic heterocycles. The summed E-state index contributed by atoms with van der Waals surface area (Å²) in [6.45, 7) is 3.91. The van der Waals surface area contributed by atoms with Crippen LogP contribution in [0, 0.1) is 0 Å². The average Bonchev–Trinajstić information content (AvgIpc) is 3.22. The highest BCUT2D eigenvalue weighted by Crippen LogP contribution is 2.24. The maximum atomic E-state index is 5.42. The number of aromatic nitrogens is 4. The number of ether oxygens (including phenoxy) is 1. The molecule has 3 aromatic rings. The minimum Gasteiger partial charge on any atom is -0.497 e. The van der Waals surface area contributed by atoms with E-state index in [2.05, 4.69) is 43.3 Å². The van der Waals surface area contributed by atoms with Crippen LogP contribution in [0.3, 0.4) is 0 Å². The fourth-order valence-corrected chi connectivity index (χ4v) is 3.39. The molecule has 0 amide bonds. The number of rotatable bonds is 6. The highest BCUT2D eigenvalue weighted by atomic mass is 16.5. The minimum atomic E-state index is 0.215. The number of benzene rings is 1. The van der Waals surface area contributed by atoms with Gasteiger partial charge in [-0.3, -0.25) is 0 Å². The van der Waals surface area contributed by atoms with E-state index in [1.807, 2.05) is 24.3 Å². The lowest BCUT2D eigenvalue weighted by atomic mass is 10.1. The fraction of sp³-hybridized carbons (Fsp3) is 0.400. The lowest BCUT2D eigenvalue weighted by Crippen LogP contribution is -2.42. The molecule has 1 unspecified atom stereocenters. The first-order valence-electron chi connectivity index (χ1n) is 9.55. The summed E-state index contributed by atoms with van der Waals surface area (Å²) in [5.74, 6) is 2.27. The zero-order valence-corrected chi connectivity index (χ0v) is 16.1. The molecule has 28 heavy (non-hydrogen) atoms. The maximum Gasteiger partial charge on any atom is 0.322 e. The molecular weight excluding hydrogens is 356 g/mol. The summed E-state index contributed by atoms with van der Waals surface area (Å²) in [6.07, 6.45) is 4.66. The fourth-order valence-electron chi connectivity index (χ4n) is 3.39. The van der Waals surface area contributed by atoms with Gasteiger partial charge in [-0.05, 0) is 31.4 Å². The lowest BCUT2D eigenvalue weighted by Gasteiger charge is -2.33. The molecule has 1 aliphatic heterocycles. The zero-order chi connectivity index (χ0) is 19.3. The van der Waals surface area contributed by atoms with E-state index in [-0.39, 0.29) is 6.04 Å². The second-order valence-corrected chi connectivity index (χ2v) is 6.81. The number of methoxy groups -OCH3 is 1. The zero-order valence-electron chi connectivity index (χ0n) is 16.1. The smallest absolute Gasteiger partial charge is 0.322 e. The largest absolute Gasteiger partial charge is 0.497 e. The molecule has 0 bridgehead atoms. The molecule has 8 heteroatoms. The quantitative estimate of drug-likeness (QED) is 0.697. The van der Waals surface area contributed by atoms with Gasteiger partial charge in [0.25, 0.3) is 0 Å². The summed E-state index contributed by atoms with van der Waals surface area (Å²) in [7, 11) is 1.64. The Morgan fingerprint density at radius 1 is 1.29 bits per heavy atom. The van der Waals surface area contributed by atoms with E-state index in [1.165, 1.54) is 0 Å². The molecule has 0 radical (unpaired) electrons. The van der Waals surface area contributed by atoms with Crippen molar-refractivity contribution in [1.82, 2.24) is 20.1 Å². The van der Waals surface area contributed by atoms with Gasteiger partial charge in [-0.15, -0.1) is 0 Å². The van der Waals surface area contributed by atoms with Gasteiger partial charge in [-0.25, -0.2) is 9.97 Å². The Balaban J connectivity index is 1.43. The molecule has 1 N–H and O–H groups in total. The summed E-state index contributed by atoms with van der Waals surface area (Å²) in [6, 6.07) is 10.3. The van der Waals surface area contributed by atoms with Crippen LogP contribution in [0.4, 0.5) is 11.8 Å². The minimum absolute atomic E-state index is 0.215. The molecule has 1 fully saturated rings. The maximum absolute atomic E-state index is 5.42. The van der Waals surface area contributed by atoms with Gasteiger partial charge in [-0.2, -0.15) is 4.98 Å². The van der Waals surface area contributed by atoms with Crippen LogP contribution in [-0.2, 0) is 6.42 Å². The highest BCUT2D eigenvalue weighted by Gasteiger charge is 2.23. The Morgan fingerprint density at radius 3 is 3.07 bits per heavy atom. The van der Waals surface area contributed by atoms with E-state index >= 15 is 0 Å². The van der Waals surface area contributed by atoms with Crippen LogP contribution in [0.2, 0.25) is 0 Å². The molecule has 0 aliphatic carbocycles. The van der Waals surface area contributed by atoms with Gasteiger partial charge in [0.15, 0.2) is 0 Å². The van der Waals surface area contributed by atoms with E-state index in [0.29, 0.717) is 11.8 Å². The second-order valence-electron chi connectivity index (χ2n) is 6.81. The Labute approximate surface area is 164 Å². The number of hydrogen-bond donors (Lipinski definition) is 1. The van der Waals surface area contributed by atoms with E-state index < -0.39 is 0 Å². The van der Waals surface area contributed by atoms with E-state index in [4.69, 9.17) is 9.26 Å². The van der Waals surface area contributed by atoms with Gasteiger partial charge in [0.1, 0.15) is 17.9 Å². The summed E-state index contributed by atoms with van der Waals surface area (Å²) < 4.78 is 10.7. The predicted octanol–water partition coefficient (Wildman–Crippen LogP) is 3.18. The van der Waals surface area contributed by atoms with Crippen molar-refractivity contribution in [1.29, 1.82) is 0 Å². The third kappa shape index (κ3) is 4.05. The molecule has 8 nitrogen and oxygen atoms in total. The van der Waals surface area contributed by atoms with Gasteiger partial charge in [0, 0.05) is 36.5 Å². The Kier molecular flexibility index (Phi) is 5.36. The number of aryl methyl sites for hydroxylation is 1. The van der Waals surface area contributed by atoms with Crippen molar-refractivity contribution in [2.45, 2.75) is 32.2 Å². The van der Waals surface area contributed by atoms with Crippen molar-refractivity contribution < 1.29 is 9.26 Å². The number of anilines is 2. The Morgan fingerprint density at radius 2 is 2.21 bits per heavy atom. The third-order valence-corrected chi connectivity index (χ3v) is 4.90. The monoisotopic (exact) mass is 380 g/mol. The molecule has 0 saturated carbocycles. The first-order chi connectivity index (χ1) is 13.7. The first kappa shape index (κ1) is 18.2. The first-order valence-corrected chi connectivity index (χ1v) is 9.55.